The average Bonchev–Trinajstić information content (AvgIpc) is 1.56. The molecule has 0 saturated carbocycles. The van der Waals surface area contributed by atoms with Gasteiger partial charge >= 0.3 is 12.3 Å². The Morgan fingerprint density at radius 3 is 1.73 bits per heavy atom. The second kappa shape index (κ2) is 2.97. The van der Waals surface area contributed by atoms with Crippen molar-refractivity contribution in [3.8, 4) is 0 Å². The maximum atomic E-state index is 12.1. The minimum atomic E-state index is -4.10. The van der Waals surface area contributed by atoms with Gasteiger partial charge in [-0.05, 0) is 13.8 Å². The molecule has 68 valence electrons. The Balaban J connectivity index is 4.13. The number of rotatable bonds is 3. The van der Waals surface area contributed by atoms with Crippen molar-refractivity contribution in [3.05, 3.63) is 0 Å². The summed E-state index contributed by atoms with van der Waals surface area (Å²) in [6.45, 7) is 2.12. The van der Waals surface area contributed by atoms with Crippen LogP contribution in [0.25, 0.3) is 0 Å². The highest BCUT2D eigenvalue weighted by atomic mass is 19.3. The van der Waals surface area contributed by atoms with Crippen LogP contribution in [0.2, 0.25) is 0 Å². The molecule has 0 spiro atoms. The van der Waals surface area contributed by atoms with Gasteiger partial charge in [-0.1, -0.05) is 0 Å². The van der Waals surface area contributed by atoms with Gasteiger partial charge in [0, 0.05) is 6.42 Å². The monoisotopic (exact) mass is 174 g/mol. The highest BCUT2D eigenvalue weighted by molar-refractivity contribution is 4.79. The van der Waals surface area contributed by atoms with Crippen LogP contribution in [0, 0.1) is 0 Å². The third-order valence-electron chi connectivity index (χ3n) is 0.988. The summed E-state index contributed by atoms with van der Waals surface area (Å²) < 4.78 is 47.2. The van der Waals surface area contributed by atoms with Gasteiger partial charge in [0.05, 0.1) is 5.60 Å². The van der Waals surface area contributed by atoms with Gasteiger partial charge in [-0.15, -0.1) is 0 Å². The molecule has 0 aliphatic rings. The summed E-state index contributed by atoms with van der Waals surface area (Å²) in [6.07, 6.45) is -4.94. The van der Waals surface area contributed by atoms with E-state index >= 15 is 0 Å². The Hall–Kier alpha value is -0.320. The van der Waals surface area contributed by atoms with Crippen LogP contribution in [0.3, 0.4) is 0 Å². The fraction of sp³-hybridized carbons (Fsp3) is 1.00. The first-order chi connectivity index (χ1) is 4.65. The molecule has 0 fully saturated rings. The van der Waals surface area contributed by atoms with Gasteiger partial charge in [0.25, 0.3) is 0 Å². The largest absolute Gasteiger partial charge is 0.390 e. The molecular weight excluding hydrogens is 164 g/mol. The lowest BCUT2D eigenvalue weighted by Crippen LogP contribution is -2.36. The lowest BCUT2D eigenvalue weighted by molar-refractivity contribution is -0.161. The van der Waals surface area contributed by atoms with Gasteiger partial charge in [-0.3, -0.25) is 0 Å². The van der Waals surface area contributed by atoms with Crippen molar-refractivity contribution in [1.82, 2.24) is 0 Å². The summed E-state index contributed by atoms with van der Waals surface area (Å²) in [7, 11) is 0. The van der Waals surface area contributed by atoms with Crippen molar-refractivity contribution in [3.63, 3.8) is 0 Å². The van der Waals surface area contributed by atoms with Crippen molar-refractivity contribution < 1.29 is 22.7 Å². The molecule has 0 bridgehead atoms. The Kier molecular flexibility index (Phi) is 2.88. The third-order valence-corrected chi connectivity index (χ3v) is 0.988. The van der Waals surface area contributed by atoms with E-state index in [1.54, 1.807) is 0 Å². The molecule has 0 aliphatic carbocycles. The minimum absolute atomic E-state index is 1.06. The van der Waals surface area contributed by atoms with E-state index < -0.39 is 24.4 Å². The van der Waals surface area contributed by atoms with E-state index in [2.05, 4.69) is 0 Å². The number of hydrogen-bond donors (Lipinski definition) is 1. The fourth-order valence-electron chi connectivity index (χ4n) is 0.654. The molecule has 5 heteroatoms. The van der Waals surface area contributed by atoms with Gasteiger partial charge in [-0.25, -0.2) is 17.6 Å². The fourth-order valence-corrected chi connectivity index (χ4v) is 0.654. The molecule has 0 unspecified atom stereocenters. The van der Waals surface area contributed by atoms with Gasteiger partial charge < -0.3 is 5.11 Å². The summed E-state index contributed by atoms with van der Waals surface area (Å²) >= 11 is 0. The predicted molar refractivity (Wildman–Crippen MR) is 31.9 cm³/mol. The molecule has 0 aromatic heterocycles. The zero-order valence-corrected chi connectivity index (χ0v) is 6.24. The average molecular weight is 174 g/mol. The Bertz CT molecular complexity index is 127. The molecule has 0 amide bonds. The normalized spacial score (nSPS) is 14.2. The molecule has 0 aliphatic heterocycles. The van der Waals surface area contributed by atoms with Gasteiger partial charge in [-0.2, -0.15) is 0 Å². The number of aliphatic hydroxyl groups is 1. The van der Waals surface area contributed by atoms with Gasteiger partial charge in [0.2, 0.25) is 0 Å². The van der Waals surface area contributed by atoms with E-state index in [0.717, 1.165) is 13.8 Å². The predicted octanol–water partition coefficient (Wildman–Crippen LogP) is 2.05. The standard InChI is InChI=1S/C6H10F4O/c1-5(2,11)3-6(9,10)4(7)8/h4,11H,3H2,1-2H3. The highest BCUT2D eigenvalue weighted by Gasteiger charge is 2.44. The maximum absolute atomic E-state index is 12.1. The summed E-state index contributed by atoms with van der Waals surface area (Å²) in [6, 6.07) is 0. The van der Waals surface area contributed by atoms with E-state index in [1.165, 1.54) is 0 Å². The Morgan fingerprint density at radius 1 is 1.27 bits per heavy atom. The molecule has 1 N–H and O–H groups in total. The lowest BCUT2D eigenvalue weighted by Gasteiger charge is -2.23. The summed E-state index contributed by atoms with van der Waals surface area (Å²) in [4.78, 5) is 0. The topological polar surface area (TPSA) is 20.2 Å². The van der Waals surface area contributed by atoms with Crippen LogP contribution in [0.1, 0.15) is 20.3 Å². The summed E-state index contributed by atoms with van der Waals surface area (Å²) in [5.41, 5.74) is -1.76. The second-order valence-electron chi connectivity index (χ2n) is 3.05. The first-order valence-electron chi connectivity index (χ1n) is 3.03. The molecule has 0 saturated heterocycles. The van der Waals surface area contributed by atoms with E-state index in [1.807, 2.05) is 0 Å². The highest BCUT2D eigenvalue weighted by Crippen LogP contribution is 2.31. The van der Waals surface area contributed by atoms with E-state index in [-0.39, 0.29) is 0 Å². The van der Waals surface area contributed by atoms with E-state index in [9.17, 15) is 17.6 Å². The SMILES string of the molecule is CC(C)(O)CC(F)(F)C(F)F. The Labute approximate surface area is 62.0 Å². The third kappa shape index (κ3) is 4.19. The van der Waals surface area contributed by atoms with Crippen molar-refractivity contribution in [2.45, 2.75) is 38.2 Å². The number of alkyl halides is 4. The smallest absolute Gasteiger partial charge is 0.310 e. The van der Waals surface area contributed by atoms with E-state index in [4.69, 9.17) is 5.11 Å². The van der Waals surface area contributed by atoms with Crippen LogP contribution in [-0.2, 0) is 0 Å². The maximum Gasteiger partial charge on any atom is 0.310 e. The summed E-state index contributed by atoms with van der Waals surface area (Å²) in [5.74, 6) is -4.10. The number of halogens is 4. The quantitative estimate of drug-likeness (QED) is 0.649. The van der Waals surface area contributed by atoms with Crippen LogP contribution in [-0.4, -0.2) is 23.1 Å². The Morgan fingerprint density at radius 2 is 1.64 bits per heavy atom. The molecule has 1 nitrogen and oxygen atoms in total. The van der Waals surface area contributed by atoms with Crippen molar-refractivity contribution >= 4 is 0 Å². The number of hydrogen-bond acceptors (Lipinski definition) is 1. The first-order valence-corrected chi connectivity index (χ1v) is 3.03. The van der Waals surface area contributed by atoms with Crippen LogP contribution < -0.4 is 0 Å². The minimum Gasteiger partial charge on any atom is -0.390 e. The molecule has 11 heavy (non-hydrogen) atoms. The van der Waals surface area contributed by atoms with Gasteiger partial charge in [0.15, 0.2) is 0 Å². The van der Waals surface area contributed by atoms with Crippen molar-refractivity contribution in [2.75, 3.05) is 0 Å². The molecule has 0 radical (unpaired) electrons. The zero-order valence-electron chi connectivity index (χ0n) is 6.24. The lowest BCUT2D eigenvalue weighted by atomic mass is 10.0. The molecule has 0 atom stereocenters. The van der Waals surface area contributed by atoms with Crippen LogP contribution in [0.4, 0.5) is 17.6 Å². The second-order valence-corrected chi connectivity index (χ2v) is 3.05. The van der Waals surface area contributed by atoms with Crippen molar-refractivity contribution in [1.29, 1.82) is 0 Å². The molecule has 0 aromatic rings. The van der Waals surface area contributed by atoms with Crippen molar-refractivity contribution in [2.24, 2.45) is 0 Å². The van der Waals surface area contributed by atoms with Crippen LogP contribution in [0.15, 0.2) is 0 Å². The summed E-state index contributed by atoms with van der Waals surface area (Å²) in [5, 5.41) is 8.79. The molecule has 0 heterocycles. The zero-order chi connectivity index (χ0) is 9.28. The first kappa shape index (κ1) is 10.7. The van der Waals surface area contributed by atoms with E-state index in [0.29, 0.717) is 0 Å². The van der Waals surface area contributed by atoms with Gasteiger partial charge in [0.1, 0.15) is 0 Å². The van der Waals surface area contributed by atoms with Crippen LogP contribution in [0.5, 0.6) is 0 Å². The molecule has 0 aromatic carbocycles. The molecule has 0 rings (SSSR count). The van der Waals surface area contributed by atoms with Crippen LogP contribution >= 0.6 is 0 Å². The molecular formula is C6H10F4O.